The van der Waals surface area contributed by atoms with Crippen LogP contribution >= 0.6 is 13.5 Å². The van der Waals surface area contributed by atoms with Crippen LogP contribution in [0.25, 0.3) is 0 Å². The summed E-state index contributed by atoms with van der Waals surface area (Å²) in [5.41, 5.74) is 5.69. The van der Waals surface area contributed by atoms with Crippen LogP contribution in [0.1, 0.15) is 5.56 Å². The van der Waals surface area contributed by atoms with E-state index in [1.54, 1.807) is 0 Å². The summed E-state index contributed by atoms with van der Waals surface area (Å²) >= 11 is 0. The standard InChI is InChI=1S/C9H10FNO3.H2S/c10-6-3-5(1-2-8(6)12)4-7(11)9(13)14;/h1-3,7,12H,4,11H2,(H,13,14);1H2/t7-;/m0./s1. The molecular weight excluding hydrogens is 221 g/mol. The molecule has 84 valence electrons. The number of hydrogen-bond donors (Lipinski definition) is 3. The van der Waals surface area contributed by atoms with Crippen molar-refractivity contribution in [2.45, 2.75) is 12.5 Å². The minimum Gasteiger partial charge on any atom is -0.505 e. The minimum absolute atomic E-state index is 0. The molecule has 6 heteroatoms. The second-order valence-corrected chi connectivity index (χ2v) is 2.93. The van der Waals surface area contributed by atoms with Crippen molar-refractivity contribution in [3.63, 3.8) is 0 Å². The Balaban J connectivity index is 0.00000196. The number of carboxylic acids is 1. The number of rotatable bonds is 3. The van der Waals surface area contributed by atoms with Crippen LogP contribution < -0.4 is 5.73 Å². The molecule has 1 atom stereocenters. The van der Waals surface area contributed by atoms with E-state index < -0.39 is 23.6 Å². The van der Waals surface area contributed by atoms with Crippen molar-refractivity contribution in [2.24, 2.45) is 5.73 Å². The molecule has 1 aromatic rings. The molecule has 0 aromatic heterocycles. The quantitative estimate of drug-likeness (QED) is 0.713. The smallest absolute Gasteiger partial charge is 0.320 e. The average molecular weight is 233 g/mol. The van der Waals surface area contributed by atoms with E-state index in [1.807, 2.05) is 0 Å². The SMILES string of the molecule is N[C@@H](Cc1ccc(O)c(F)c1)C(=O)O.S. The van der Waals surface area contributed by atoms with Gasteiger partial charge in [-0.1, -0.05) is 6.07 Å². The van der Waals surface area contributed by atoms with Crippen molar-refractivity contribution < 1.29 is 19.4 Å². The Morgan fingerprint density at radius 1 is 1.53 bits per heavy atom. The van der Waals surface area contributed by atoms with Gasteiger partial charge in [0.2, 0.25) is 0 Å². The van der Waals surface area contributed by atoms with Crippen molar-refractivity contribution in [2.75, 3.05) is 0 Å². The summed E-state index contributed by atoms with van der Waals surface area (Å²) in [6.07, 6.45) is 0.0343. The van der Waals surface area contributed by atoms with Crippen molar-refractivity contribution in [3.8, 4) is 5.75 Å². The Morgan fingerprint density at radius 3 is 2.60 bits per heavy atom. The molecule has 0 unspecified atom stereocenters. The first-order valence-electron chi connectivity index (χ1n) is 3.96. The Morgan fingerprint density at radius 2 is 2.13 bits per heavy atom. The van der Waals surface area contributed by atoms with Crippen LogP contribution in [0.5, 0.6) is 5.75 Å². The third-order valence-corrected chi connectivity index (χ3v) is 1.78. The highest BCUT2D eigenvalue weighted by atomic mass is 32.1. The molecule has 0 radical (unpaired) electrons. The van der Waals surface area contributed by atoms with E-state index in [4.69, 9.17) is 15.9 Å². The zero-order valence-electron chi connectivity index (χ0n) is 7.77. The molecule has 0 spiro atoms. The number of aromatic hydroxyl groups is 1. The highest BCUT2D eigenvalue weighted by molar-refractivity contribution is 7.59. The minimum atomic E-state index is -1.14. The largest absolute Gasteiger partial charge is 0.505 e. The molecule has 15 heavy (non-hydrogen) atoms. The van der Waals surface area contributed by atoms with Crippen LogP contribution in [0.4, 0.5) is 4.39 Å². The summed E-state index contributed by atoms with van der Waals surface area (Å²) < 4.78 is 12.8. The van der Waals surface area contributed by atoms with Crippen LogP contribution in [0.2, 0.25) is 0 Å². The summed E-state index contributed by atoms with van der Waals surface area (Å²) in [4.78, 5) is 10.4. The first-order valence-corrected chi connectivity index (χ1v) is 3.96. The summed E-state index contributed by atoms with van der Waals surface area (Å²) in [7, 11) is 0. The number of halogens is 1. The highest BCUT2D eigenvalue weighted by Gasteiger charge is 2.12. The van der Waals surface area contributed by atoms with Gasteiger partial charge in [0, 0.05) is 0 Å². The van der Waals surface area contributed by atoms with Gasteiger partial charge in [0.1, 0.15) is 6.04 Å². The number of hydrogen-bond acceptors (Lipinski definition) is 3. The lowest BCUT2D eigenvalue weighted by molar-refractivity contribution is -0.138. The van der Waals surface area contributed by atoms with E-state index in [1.165, 1.54) is 12.1 Å². The Kier molecular flexibility index (Phi) is 5.10. The van der Waals surface area contributed by atoms with Gasteiger partial charge in [0.25, 0.3) is 0 Å². The van der Waals surface area contributed by atoms with Gasteiger partial charge in [-0.15, -0.1) is 0 Å². The predicted molar refractivity (Wildman–Crippen MR) is 57.8 cm³/mol. The fraction of sp³-hybridized carbons (Fsp3) is 0.222. The maximum atomic E-state index is 12.8. The van der Waals surface area contributed by atoms with Gasteiger partial charge in [-0.3, -0.25) is 4.79 Å². The molecule has 0 aliphatic carbocycles. The molecule has 4 N–H and O–H groups in total. The maximum absolute atomic E-state index is 12.8. The molecule has 0 bridgehead atoms. The van der Waals surface area contributed by atoms with Gasteiger partial charge in [-0.25, -0.2) is 4.39 Å². The maximum Gasteiger partial charge on any atom is 0.320 e. The lowest BCUT2D eigenvalue weighted by atomic mass is 10.1. The zero-order chi connectivity index (χ0) is 10.7. The first-order chi connectivity index (χ1) is 6.50. The van der Waals surface area contributed by atoms with E-state index >= 15 is 0 Å². The Hall–Kier alpha value is -1.27. The molecule has 0 aliphatic heterocycles. The molecule has 1 rings (SSSR count). The Labute approximate surface area is 93.0 Å². The summed E-state index contributed by atoms with van der Waals surface area (Å²) in [5, 5.41) is 17.4. The van der Waals surface area contributed by atoms with Crippen molar-refractivity contribution in [3.05, 3.63) is 29.6 Å². The predicted octanol–water partition coefficient (Wildman–Crippen LogP) is 0.599. The van der Waals surface area contributed by atoms with Gasteiger partial charge in [-0.2, -0.15) is 13.5 Å². The molecule has 0 fully saturated rings. The fourth-order valence-electron chi connectivity index (χ4n) is 1.02. The van der Waals surface area contributed by atoms with Crippen LogP contribution in [0.3, 0.4) is 0 Å². The summed E-state index contributed by atoms with van der Waals surface area (Å²) in [5.74, 6) is -2.38. The van der Waals surface area contributed by atoms with Crippen molar-refractivity contribution >= 4 is 19.5 Å². The number of carbonyl (C=O) groups is 1. The van der Waals surface area contributed by atoms with E-state index in [2.05, 4.69) is 0 Å². The van der Waals surface area contributed by atoms with E-state index in [0.29, 0.717) is 5.56 Å². The van der Waals surface area contributed by atoms with Crippen molar-refractivity contribution in [1.82, 2.24) is 0 Å². The highest BCUT2D eigenvalue weighted by Crippen LogP contribution is 2.16. The second-order valence-electron chi connectivity index (χ2n) is 2.93. The Bertz CT molecular complexity index is 359. The van der Waals surface area contributed by atoms with E-state index in [0.717, 1.165) is 6.07 Å². The molecule has 0 heterocycles. The molecule has 4 nitrogen and oxygen atoms in total. The lowest BCUT2D eigenvalue weighted by Gasteiger charge is -2.06. The summed E-state index contributed by atoms with van der Waals surface area (Å²) in [6.45, 7) is 0. The summed E-state index contributed by atoms with van der Waals surface area (Å²) in [6, 6.07) is 2.61. The fourth-order valence-corrected chi connectivity index (χ4v) is 1.02. The number of benzene rings is 1. The number of nitrogens with two attached hydrogens (primary N) is 1. The van der Waals surface area contributed by atoms with Gasteiger partial charge in [0.15, 0.2) is 11.6 Å². The lowest BCUT2D eigenvalue weighted by Crippen LogP contribution is -2.32. The first kappa shape index (κ1) is 13.7. The number of aliphatic carboxylic acids is 1. The zero-order valence-corrected chi connectivity index (χ0v) is 8.77. The van der Waals surface area contributed by atoms with E-state index in [9.17, 15) is 9.18 Å². The molecule has 0 saturated heterocycles. The van der Waals surface area contributed by atoms with Gasteiger partial charge in [0.05, 0.1) is 0 Å². The van der Waals surface area contributed by atoms with E-state index in [-0.39, 0.29) is 19.9 Å². The van der Waals surface area contributed by atoms with Crippen LogP contribution in [0.15, 0.2) is 18.2 Å². The third kappa shape index (κ3) is 3.77. The molecular formula is C9H12FNO3S. The normalized spacial score (nSPS) is 11.6. The van der Waals surface area contributed by atoms with Gasteiger partial charge in [-0.05, 0) is 24.1 Å². The van der Waals surface area contributed by atoms with Gasteiger partial charge >= 0.3 is 5.97 Å². The number of phenols is 1. The molecule has 0 amide bonds. The van der Waals surface area contributed by atoms with Crippen LogP contribution in [-0.4, -0.2) is 22.2 Å². The number of phenolic OH excluding ortho intramolecular Hbond substituents is 1. The molecule has 0 saturated carbocycles. The topological polar surface area (TPSA) is 83.5 Å². The number of carboxylic acid groups (broad SMARTS) is 1. The molecule has 0 aliphatic rings. The molecule has 1 aromatic carbocycles. The average Bonchev–Trinajstić information content (AvgIpc) is 2.11. The second kappa shape index (κ2) is 5.57. The monoisotopic (exact) mass is 233 g/mol. The van der Waals surface area contributed by atoms with Gasteiger partial charge < -0.3 is 15.9 Å². The van der Waals surface area contributed by atoms with Crippen molar-refractivity contribution in [1.29, 1.82) is 0 Å². The third-order valence-electron chi connectivity index (χ3n) is 1.78. The van der Waals surface area contributed by atoms with Crippen LogP contribution in [0, 0.1) is 5.82 Å². The van der Waals surface area contributed by atoms with Crippen LogP contribution in [-0.2, 0) is 11.2 Å².